The maximum atomic E-state index is 12.2. The highest BCUT2D eigenvalue weighted by molar-refractivity contribution is 7.89. The molecule has 16 heavy (non-hydrogen) atoms. The largest absolute Gasteiger partial charge is 0.315 e. The zero-order chi connectivity index (χ0) is 11.6. The molecule has 90 valence electrons. The molecule has 2 rings (SSSR count). The fourth-order valence-corrected chi connectivity index (χ4v) is 3.59. The summed E-state index contributed by atoms with van der Waals surface area (Å²) in [6.07, 6.45) is 2.31. The summed E-state index contributed by atoms with van der Waals surface area (Å²) < 4.78 is 26.0. The molecule has 0 saturated carbocycles. The van der Waals surface area contributed by atoms with Gasteiger partial charge in [-0.2, -0.15) is 9.40 Å². The lowest BCUT2D eigenvalue weighted by Crippen LogP contribution is -2.41. The molecule has 0 spiro atoms. The molecule has 1 saturated heterocycles. The van der Waals surface area contributed by atoms with E-state index in [1.54, 1.807) is 0 Å². The Morgan fingerprint density at radius 3 is 2.94 bits per heavy atom. The number of aromatic amines is 1. The number of sulfonamides is 1. The number of rotatable bonds is 4. The Morgan fingerprint density at radius 1 is 1.62 bits per heavy atom. The van der Waals surface area contributed by atoms with Gasteiger partial charge in [-0.1, -0.05) is 6.92 Å². The van der Waals surface area contributed by atoms with Crippen molar-refractivity contribution in [2.45, 2.75) is 24.4 Å². The van der Waals surface area contributed by atoms with Crippen molar-refractivity contribution in [1.29, 1.82) is 0 Å². The Morgan fingerprint density at radius 2 is 2.44 bits per heavy atom. The van der Waals surface area contributed by atoms with Crippen molar-refractivity contribution in [2.24, 2.45) is 0 Å². The molecule has 2 heterocycles. The molecule has 2 N–H and O–H groups in total. The van der Waals surface area contributed by atoms with E-state index in [2.05, 4.69) is 15.5 Å². The number of nitrogens with zero attached hydrogens (tertiary/aromatic N) is 2. The summed E-state index contributed by atoms with van der Waals surface area (Å²) >= 11 is 0. The average Bonchev–Trinajstić information content (AvgIpc) is 2.91. The van der Waals surface area contributed by atoms with Crippen LogP contribution in [0.15, 0.2) is 17.3 Å². The zero-order valence-corrected chi connectivity index (χ0v) is 10.00. The van der Waals surface area contributed by atoms with E-state index >= 15 is 0 Å². The first-order valence-electron chi connectivity index (χ1n) is 5.38. The predicted octanol–water partition coefficient (Wildman–Crippen LogP) is -0.218. The number of hydrogen-bond acceptors (Lipinski definition) is 4. The second-order valence-corrected chi connectivity index (χ2v) is 5.63. The first kappa shape index (κ1) is 11.6. The van der Waals surface area contributed by atoms with Gasteiger partial charge in [0.1, 0.15) is 0 Å². The van der Waals surface area contributed by atoms with Gasteiger partial charge in [0.2, 0.25) is 0 Å². The first-order chi connectivity index (χ1) is 7.66. The van der Waals surface area contributed by atoms with E-state index in [1.165, 1.54) is 16.6 Å². The minimum atomic E-state index is -3.42. The Hall–Kier alpha value is -0.920. The molecule has 0 aliphatic carbocycles. The summed E-state index contributed by atoms with van der Waals surface area (Å²) in [4.78, 5) is 0. The van der Waals surface area contributed by atoms with Crippen molar-refractivity contribution >= 4 is 10.0 Å². The van der Waals surface area contributed by atoms with Crippen LogP contribution in [0.4, 0.5) is 0 Å². The number of nitrogens with one attached hydrogen (secondary N) is 2. The average molecular weight is 244 g/mol. The molecule has 1 atom stereocenters. The molecule has 0 bridgehead atoms. The lowest BCUT2D eigenvalue weighted by molar-refractivity contribution is 0.347. The molecule has 0 amide bonds. The Labute approximate surface area is 95.1 Å². The molecule has 0 radical (unpaired) electrons. The second-order valence-electron chi connectivity index (χ2n) is 3.78. The molecule has 1 aromatic heterocycles. The van der Waals surface area contributed by atoms with Gasteiger partial charge in [0.15, 0.2) is 5.03 Å². The third kappa shape index (κ3) is 1.98. The van der Waals surface area contributed by atoms with Gasteiger partial charge in [0, 0.05) is 19.1 Å². The van der Waals surface area contributed by atoms with E-state index in [4.69, 9.17) is 0 Å². The highest BCUT2D eigenvalue weighted by atomic mass is 32.2. The normalized spacial score (nSPS) is 21.8. The lowest BCUT2D eigenvalue weighted by Gasteiger charge is -2.25. The van der Waals surface area contributed by atoms with Crippen molar-refractivity contribution in [2.75, 3.05) is 19.6 Å². The van der Waals surface area contributed by atoms with Crippen LogP contribution >= 0.6 is 0 Å². The zero-order valence-electron chi connectivity index (χ0n) is 9.18. The van der Waals surface area contributed by atoms with Gasteiger partial charge in [-0.25, -0.2) is 8.42 Å². The lowest BCUT2D eigenvalue weighted by atomic mass is 10.3. The first-order valence-corrected chi connectivity index (χ1v) is 6.82. The van der Waals surface area contributed by atoms with Crippen LogP contribution in [0.1, 0.15) is 13.3 Å². The van der Waals surface area contributed by atoms with E-state index < -0.39 is 10.0 Å². The number of likely N-dealkylation sites (N-methyl/N-ethyl adjacent to an activating group) is 1. The minimum absolute atomic E-state index is 0.0540. The van der Waals surface area contributed by atoms with Crippen LogP contribution < -0.4 is 5.32 Å². The smallest absolute Gasteiger partial charge is 0.260 e. The van der Waals surface area contributed by atoms with E-state index in [-0.39, 0.29) is 11.1 Å². The highest BCUT2D eigenvalue weighted by Gasteiger charge is 2.32. The van der Waals surface area contributed by atoms with Crippen molar-refractivity contribution in [3.63, 3.8) is 0 Å². The summed E-state index contributed by atoms with van der Waals surface area (Å²) in [5.41, 5.74) is 0. The van der Waals surface area contributed by atoms with Gasteiger partial charge in [0.25, 0.3) is 10.0 Å². The van der Waals surface area contributed by atoms with Gasteiger partial charge in [-0.15, -0.1) is 0 Å². The van der Waals surface area contributed by atoms with Crippen molar-refractivity contribution in [3.8, 4) is 0 Å². The number of aromatic nitrogens is 2. The van der Waals surface area contributed by atoms with Crippen LogP contribution in [0.5, 0.6) is 0 Å². The molecular weight excluding hydrogens is 228 g/mol. The maximum Gasteiger partial charge on any atom is 0.260 e. The maximum absolute atomic E-state index is 12.2. The van der Waals surface area contributed by atoms with Crippen LogP contribution in [0.3, 0.4) is 0 Å². The molecule has 1 aliphatic rings. The summed E-state index contributed by atoms with van der Waals surface area (Å²) in [6, 6.07) is 1.54. The van der Waals surface area contributed by atoms with Gasteiger partial charge >= 0.3 is 0 Å². The summed E-state index contributed by atoms with van der Waals surface area (Å²) in [7, 11) is -3.42. The Kier molecular flexibility index (Phi) is 3.27. The van der Waals surface area contributed by atoms with Crippen LogP contribution in [0.25, 0.3) is 0 Å². The molecular formula is C9H16N4O2S. The SMILES string of the molecule is CCN(C1CCNC1)S(=O)(=O)c1ccn[nH]1. The number of hydrogen-bond donors (Lipinski definition) is 2. The minimum Gasteiger partial charge on any atom is -0.315 e. The van der Waals surface area contributed by atoms with E-state index in [0.29, 0.717) is 6.54 Å². The summed E-state index contributed by atoms with van der Waals surface area (Å²) in [6.45, 7) is 3.93. The highest BCUT2D eigenvalue weighted by Crippen LogP contribution is 2.18. The van der Waals surface area contributed by atoms with Gasteiger partial charge in [-0.3, -0.25) is 5.10 Å². The Balaban J connectivity index is 2.26. The van der Waals surface area contributed by atoms with Crippen molar-refractivity contribution in [1.82, 2.24) is 19.8 Å². The summed E-state index contributed by atoms with van der Waals surface area (Å²) in [5, 5.41) is 9.54. The summed E-state index contributed by atoms with van der Waals surface area (Å²) in [5.74, 6) is 0. The van der Waals surface area contributed by atoms with E-state index in [0.717, 1.165) is 19.5 Å². The molecule has 0 aromatic carbocycles. The van der Waals surface area contributed by atoms with Gasteiger partial charge in [0.05, 0.1) is 6.20 Å². The van der Waals surface area contributed by atoms with E-state index in [9.17, 15) is 8.42 Å². The molecule has 1 unspecified atom stereocenters. The van der Waals surface area contributed by atoms with Gasteiger partial charge < -0.3 is 5.32 Å². The van der Waals surface area contributed by atoms with Crippen LogP contribution in [0.2, 0.25) is 0 Å². The van der Waals surface area contributed by atoms with Gasteiger partial charge in [-0.05, 0) is 19.0 Å². The Bertz CT molecular complexity index is 422. The number of H-pyrrole nitrogens is 1. The molecule has 1 aromatic rings. The topological polar surface area (TPSA) is 78.1 Å². The van der Waals surface area contributed by atoms with Crippen molar-refractivity contribution in [3.05, 3.63) is 12.3 Å². The predicted molar refractivity (Wildman–Crippen MR) is 59.4 cm³/mol. The molecule has 7 heteroatoms. The standard InChI is InChI=1S/C9H16N4O2S/c1-2-13(8-3-5-10-7-8)16(14,15)9-4-6-11-12-9/h4,6,8,10H,2-3,5,7H2,1H3,(H,11,12). The van der Waals surface area contributed by atoms with Crippen LogP contribution in [-0.4, -0.2) is 48.6 Å². The quantitative estimate of drug-likeness (QED) is 0.767. The molecule has 6 nitrogen and oxygen atoms in total. The monoisotopic (exact) mass is 244 g/mol. The molecule has 1 fully saturated rings. The van der Waals surface area contributed by atoms with Crippen molar-refractivity contribution < 1.29 is 8.42 Å². The molecule has 1 aliphatic heterocycles. The second kappa shape index (κ2) is 4.52. The van der Waals surface area contributed by atoms with E-state index in [1.807, 2.05) is 6.92 Å². The van der Waals surface area contributed by atoms with Crippen LogP contribution in [-0.2, 0) is 10.0 Å². The van der Waals surface area contributed by atoms with Crippen LogP contribution in [0, 0.1) is 0 Å². The fraction of sp³-hybridized carbons (Fsp3) is 0.667. The third-order valence-corrected chi connectivity index (χ3v) is 4.77. The third-order valence-electron chi connectivity index (χ3n) is 2.82. The fourth-order valence-electron chi connectivity index (χ4n) is 2.02.